The van der Waals surface area contributed by atoms with Crippen molar-refractivity contribution >= 4 is 22.7 Å². The van der Waals surface area contributed by atoms with E-state index < -0.39 is 0 Å². The summed E-state index contributed by atoms with van der Waals surface area (Å²) >= 11 is 0. The zero-order valence-corrected chi connectivity index (χ0v) is 15.3. The largest absolute Gasteiger partial charge is 0.465 e. The zero-order chi connectivity index (χ0) is 18.3. The first-order valence-electron chi connectivity index (χ1n) is 8.91. The minimum absolute atomic E-state index is 0.315. The predicted octanol–water partition coefficient (Wildman–Crippen LogP) is 3.18. The van der Waals surface area contributed by atoms with Crippen molar-refractivity contribution in [1.82, 2.24) is 15.0 Å². The Balaban J connectivity index is 1.75. The summed E-state index contributed by atoms with van der Waals surface area (Å²) in [5.74, 6) is 1.46. The first kappa shape index (κ1) is 16.6. The maximum absolute atomic E-state index is 12.1. The molecule has 0 bridgehead atoms. The SMILES string of the molecule is CCc1cc(N2CCc3[nH]c4c(C(=O)OC)cccc4c3C2)nc(C)n1. The molecular formula is C20H22N4O2. The normalized spacial score (nSPS) is 13.7. The molecule has 0 saturated carbocycles. The fourth-order valence-electron chi connectivity index (χ4n) is 3.67. The summed E-state index contributed by atoms with van der Waals surface area (Å²) in [6.07, 6.45) is 1.78. The van der Waals surface area contributed by atoms with Gasteiger partial charge in [-0.3, -0.25) is 0 Å². The van der Waals surface area contributed by atoms with Gasteiger partial charge in [0.15, 0.2) is 0 Å². The van der Waals surface area contributed by atoms with E-state index in [0.29, 0.717) is 5.56 Å². The average Bonchev–Trinajstić information content (AvgIpc) is 3.04. The van der Waals surface area contributed by atoms with E-state index in [-0.39, 0.29) is 5.97 Å². The van der Waals surface area contributed by atoms with Gasteiger partial charge in [-0.2, -0.15) is 0 Å². The topological polar surface area (TPSA) is 71.1 Å². The zero-order valence-electron chi connectivity index (χ0n) is 15.3. The smallest absolute Gasteiger partial charge is 0.339 e. The molecule has 1 N–H and O–H groups in total. The van der Waals surface area contributed by atoms with Crippen molar-refractivity contribution in [1.29, 1.82) is 0 Å². The number of fused-ring (bicyclic) bond motifs is 3. The number of carbonyl (C=O) groups is 1. The Hall–Kier alpha value is -2.89. The highest BCUT2D eigenvalue weighted by molar-refractivity contribution is 6.04. The second-order valence-corrected chi connectivity index (χ2v) is 6.59. The van der Waals surface area contributed by atoms with Crippen LogP contribution in [0.2, 0.25) is 0 Å². The van der Waals surface area contributed by atoms with Crippen LogP contribution in [0.5, 0.6) is 0 Å². The van der Waals surface area contributed by atoms with Gasteiger partial charge in [0.2, 0.25) is 0 Å². The van der Waals surface area contributed by atoms with Gasteiger partial charge in [-0.15, -0.1) is 0 Å². The number of carbonyl (C=O) groups excluding carboxylic acids is 1. The van der Waals surface area contributed by atoms with E-state index in [2.05, 4.69) is 38.9 Å². The van der Waals surface area contributed by atoms with Crippen molar-refractivity contribution in [2.75, 3.05) is 18.6 Å². The maximum atomic E-state index is 12.1. The number of methoxy groups -OCH3 is 1. The monoisotopic (exact) mass is 350 g/mol. The Morgan fingerprint density at radius 3 is 2.96 bits per heavy atom. The molecule has 3 heterocycles. The van der Waals surface area contributed by atoms with E-state index in [1.165, 1.54) is 18.4 Å². The molecule has 1 aliphatic rings. The van der Waals surface area contributed by atoms with Crippen LogP contribution < -0.4 is 4.90 Å². The number of aryl methyl sites for hydroxylation is 2. The van der Waals surface area contributed by atoms with Crippen molar-refractivity contribution in [2.24, 2.45) is 0 Å². The molecule has 6 heteroatoms. The molecule has 0 radical (unpaired) electrons. The molecule has 0 atom stereocenters. The Kier molecular flexibility index (Phi) is 4.11. The number of benzene rings is 1. The molecule has 4 rings (SSSR count). The lowest BCUT2D eigenvalue weighted by Gasteiger charge is -2.28. The van der Waals surface area contributed by atoms with Crippen LogP contribution in [0.1, 0.15) is 40.1 Å². The molecular weight excluding hydrogens is 328 g/mol. The van der Waals surface area contributed by atoms with Gasteiger partial charge in [0.1, 0.15) is 11.6 Å². The second-order valence-electron chi connectivity index (χ2n) is 6.59. The first-order valence-corrected chi connectivity index (χ1v) is 8.91. The lowest BCUT2D eigenvalue weighted by atomic mass is 10.0. The predicted molar refractivity (Wildman–Crippen MR) is 101 cm³/mol. The highest BCUT2D eigenvalue weighted by atomic mass is 16.5. The third-order valence-electron chi connectivity index (χ3n) is 4.98. The number of hydrogen-bond donors (Lipinski definition) is 1. The van der Waals surface area contributed by atoms with E-state index in [1.807, 2.05) is 13.0 Å². The van der Waals surface area contributed by atoms with Crippen molar-refractivity contribution in [3.63, 3.8) is 0 Å². The van der Waals surface area contributed by atoms with E-state index >= 15 is 0 Å². The van der Waals surface area contributed by atoms with Crippen LogP contribution in [-0.2, 0) is 24.1 Å². The summed E-state index contributed by atoms with van der Waals surface area (Å²) < 4.78 is 4.92. The van der Waals surface area contributed by atoms with Crippen LogP contribution >= 0.6 is 0 Å². The lowest BCUT2D eigenvalue weighted by Crippen LogP contribution is -2.31. The maximum Gasteiger partial charge on any atom is 0.339 e. The molecule has 1 aliphatic heterocycles. The quantitative estimate of drug-likeness (QED) is 0.735. The van der Waals surface area contributed by atoms with Crippen molar-refractivity contribution in [3.8, 4) is 0 Å². The number of H-pyrrole nitrogens is 1. The molecule has 0 spiro atoms. The average molecular weight is 350 g/mol. The number of esters is 1. The Bertz CT molecular complexity index is 993. The number of anilines is 1. The molecule has 0 saturated heterocycles. The summed E-state index contributed by atoms with van der Waals surface area (Å²) in [6.45, 7) is 5.69. The van der Waals surface area contributed by atoms with Crippen molar-refractivity contribution in [2.45, 2.75) is 33.2 Å². The number of para-hydroxylation sites is 1. The standard InChI is InChI=1S/C20H22N4O2/c1-4-13-10-18(22-12(2)21-13)24-9-8-17-16(11-24)14-6-5-7-15(19(14)23-17)20(25)26-3/h5-7,10,23H,4,8-9,11H2,1-3H3. The number of nitrogens with one attached hydrogen (secondary N) is 1. The van der Waals surface area contributed by atoms with Gasteiger partial charge in [-0.25, -0.2) is 14.8 Å². The highest BCUT2D eigenvalue weighted by Gasteiger charge is 2.24. The molecule has 6 nitrogen and oxygen atoms in total. The molecule has 0 fully saturated rings. The van der Waals surface area contributed by atoms with Gasteiger partial charge in [0.25, 0.3) is 0 Å². The van der Waals surface area contributed by atoms with Crippen LogP contribution in [0.25, 0.3) is 10.9 Å². The number of hydrogen-bond acceptors (Lipinski definition) is 5. The second kappa shape index (κ2) is 6.44. The van der Waals surface area contributed by atoms with Crippen LogP contribution in [0.15, 0.2) is 24.3 Å². The fraction of sp³-hybridized carbons (Fsp3) is 0.350. The molecule has 0 unspecified atom stereocenters. The first-order chi connectivity index (χ1) is 12.6. The van der Waals surface area contributed by atoms with Crippen LogP contribution in [0.4, 0.5) is 5.82 Å². The van der Waals surface area contributed by atoms with E-state index in [4.69, 9.17) is 4.74 Å². The van der Waals surface area contributed by atoms with Crippen LogP contribution in [0.3, 0.4) is 0 Å². The molecule has 1 aromatic carbocycles. The molecule has 26 heavy (non-hydrogen) atoms. The molecule has 134 valence electrons. The van der Waals surface area contributed by atoms with Gasteiger partial charge < -0.3 is 14.6 Å². The van der Waals surface area contributed by atoms with Gasteiger partial charge >= 0.3 is 5.97 Å². The molecule has 3 aromatic rings. The minimum atomic E-state index is -0.315. The van der Waals surface area contributed by atoms with Crippen molar-refractivity contribution < 1.29 is 9.53 Å². The van der Waals surface area contributed by atoms with E-state index in [1.54, 1.807) is 6.07 Å². The Morgan fingerprint density at radius 2 is 2.19 bits per heavy atom. The summed E-state index contributed by atoms with van der Waals surface area (Å²) in [6, 6.07) is 7.84. The lowest BCUT2D eigenvalue weighted by molar-refractivity contribution is 0.0603. The third-order valence-corrected chi connectivity index (χ3v) is 4.98. The summed E-state index contributed by atoms with van der Waals surface area (Å²) in [7, 11) is 1.41. The fourth-order valence-corrected chi connectivity index (χ4v) is 3.67. The van der Waals surface area contributed by atoms with Crippen LogP contribution in [-0.4, -0.2) is 34.6 Å². The van der Waals surface area contributed by atoms with Gasteiger partial charge in [-0.05, 0) is 19.4 Å². The van der Waals surface area contributed by atoms with Crippen molar-refractivity contribution in [3.05, 3.63) is 52.6 Å². The van der Waals surface area contributed by atoms with Gasteiger partial charge in [0.05, 0.1) is 18.2 Å². The number of aromatic nitrogens is 3. The highest BCUT2D eigenvalue weighted by Crippen LogP contribution is 2.31. The number of ether oxygens (including phenoxy) is 1. The minimum Gasteiger partial charge on any atom is -0.465 e. The number of aromatic amines is 1. The summed E-state index contributed by atoms with van der Waals surface area (Å²) in [5.41, 5.74) is 4.92. The third kappa shape index (κ3) is 2.71. The number of nitrogens with zero attached hydrogens (tertiary/aromatic N) is 3. The Morgan fingerprint density at radius 1 is 1.35 bits per heavy atom. The molecule has 2 aromatic heterocycles. The molecule has 0 aliphatic carbocycles. The Labute approximate surface area is 152 Å². The summed E-state index contributed by atoms with van der Waals surface area (Å²) in [5, 5.41) is 1.08. The number of rotatable bonds is 3. The van der Waals surface area contributed by atoms with Gasteiger partial charge in [-0.1, -0.05) is 19.1 Å². The van der Waals surface area contributed by atoms with E-state index in [0.717, 1.165) is 54.2 Å². The van der Waals surface area contributed by atoms with Gasteiger partial charge in [0, 0.05) is 47.9 Å². The van der Waals surface area contributed by atoms with E-state index in [9.17, 15) is 4.79 Å². The summed E-state index contributed by atoms with van der Waals surface area (Å²) in [4.78, 5) is 26.9. The molecule has 0 amide bonds. The van der Waals surface area contributed by atoms with Crippen LogP contribution in [0, 0.1) is 6.92 Å².